The smallest absolute Gasteiger partial charge is 0.308 e. The van der Waals surface area contributed by atoms with E-state index in [9.17, 15) is 9.59 Å². The normalized spacial score (nSPS) is 21.1. The SMILES string of the molecule is COC(=O)[C@H]1CCC[C@@H](C(=O)Nc2ccc3[nH]c(=S)oc3c2)C1. The Morgan fingerprint density at radius 3 is 2.91 bits per heavy atom. The number of benzene rings is 1. The molecule has 122 valence electrons. The van der Waals surface area contributed by atoms with Gasteiger partial charge in [0, 0.05) is 17.7 Å². The third-order valence-electron chi connectivity index (χ3n) is 4.27. The summed E-state index contributed by atoms with van der Waals surface area (Å²) in [4.78, 5) is 27.3. The molecule has 3 rings (SSSR count). The number of rotatable bonds is 3. The molecule has 23 heavy (non-hydrogen) atoms. The number of carbonyl (C=O) groups is 2. The number of fused-ring (bicyclic) bond motifs is 1. The van der Waals surface area contributed by atoms with Crippen LogP contribution in [0, 0.1) is 16.7 Å². The van der Waals surface area contributed by atoms with E-state index in [1.807, 2.05) is 6.07 Å². The quantitative estimate of drug-likeness (QED) is 0.664. The van der Waals surface area contributed by atoms with Crippen molar-refractivity contribution in [2.45, 2.75) is 25.7 Å². The fraction of sp³-hybridized carbons (Fsp3) is 0.438. The van der Waals surface area contributed by atoms with Crippen molar-refractivity contribution >= 4 is 40.9 Å². The van der Waals surface area contributed by atoms with Crippen LogP contribution in [-0.4, -0.2) is 24.0 Å². The van der Waals surface area contributed by atoms with Gasteiger partial charge in [-0.15, -0.1) is 0 Å². The van der Waals surface area contributed by atoms with Crippen LogP contribution in [0.5, 0.6) is 0 Å². The second kappa shape index (κ2) is 6.54. The van der Waals surface area contributed by atoms with Gasteiger partial charge in [0.15, 0.2) is 5.58 Å². The lowest BCUT2D eigenvalue weighted by atomic mass is 9.81. The summed E-state index contributed by atoms with van der Waals surface area (Å²) in [6.45, 7) is 0. The molecule has 0 spiro atoms. The van der Waals surface area contributed by atoms with Crippen LogP contribution in [-0.2, 0) is 14.3 Å². The molecule has 0 saturated heterocycles. The van der Waals surface area contributed by atoms with Crippen molar-refractivity contribution in [2.24, 2.45) is 11.8 Å². The second-order valence-electron chi connectivity index (χ2n) is 5.80. The van der Waals surface area contributed by atoms with Crippen molar-refractivity contribution in [1.29, 1.82) is 0 Å². The van der Waals surface area contributed by atoms with Crippen molar-refractivity contribution in [3.8, 4) is 0 Å². The van der Waals surface area contributed by atoms with Crippen LogP contribution >= 0.6 is 12.2 Å². The molecule has 0 unspecified atom stereocenters. The van der Waals surface area contributed by atoms with Gasteiger partial charge in [-0.2, -0.15) is 0 Å². The molecule has 1 aromatic heterocycles. The summed E-state index contributed by atoms with van der Waals surface area (Å²) in [6.07, 6.45) is 2.95. The number of ether oxygens (including phenoxy) is 1. The first-order valence-electron chi connectivity index (χ1n) is 7.58. The van der Waals surface area contributed by atoms with Gasteiger partial charge in [-0.1, -0.05) is 6.42 Å². The van der Waals surface area contributed by atoms with E-state index >= 15 is 0 Å². The zero-order chi connectivity index (χ0) is 16.4. The van der Waals surface area contributed by atoms with Gasteiger partial charge < -0.3 is 19.5 Å². The summed E-state index contributed by atoms with van der Waals surface area (Å²) >= 11 is 4.94. The Morgan fingerprint density at radius 2 is 2.13 bits per heavy atom. The predicted molar refractivity (Wildman–Crippen MR) is 87.5 cm³/mol. The van der Waals surface area contributed by atoms with Crippen LogP contribution in [0.1, 0.15) is 25.7 Å². The van der Waals surface area contributed by atoms with Gasteiger partial charge in [-0.3, -0.25) is 9.59 Å². The van der Waals surface area contributed by atoms with Crippen LogP contribution in [0.25, 0.3) is 11.1 Å². The summed E-state index contributed by atoms with van der Waals surface area (Å²) < 4.78 is 10.1. The molecule has 1 fully saturated rings. The minimum absolute atomic E-state index is 0.0768. The Labute approximate surface area is 138 Å². The number of amides is 1. The highest BCUT2D eigenvalue weighted by atomic mass is 32.1. The van der Waals surface area contributed by atoms with Crippen molar-refractivity contribution in [3.63, 3.8) is 0 Å². The third kappa shape index (κ3) is 3.44. The second-order valence-corrected chi connectivity index (χ2v) is 6.17. The van der Waals surface area contributed by atoms with Crippen molar-refractivity contribution < 1.29 is 18.7 Å². The minimum Gasteiger partial charge on any atom is -0.469 e. The number of carbonyl (C=O) groups excluding carboxylic acids is 2. The van der Waals surface area contributed by atoms with E-state index in [-0.39, 0.29) is 23.7 Å². The first kappa shape index (κ1) is 15.7. The van der Waals surface area contributed by atoms with Crippen molar-refractivity contribution in [3.05, 3.63) is 23.0 Å². The van der Waals surface area contributed by atoms with Gasteiger partial charge in [-0.05, 0) is 43.6 Å². The molecule has 1 aliphatic rings. The molecule has 1 aliphatic carbocycles. The number of aromatic nitrogens is 1. The average Bonchev–Trinajstić information content (AvgIpc) is 2.93. The Bertz CT molecular complexity index is 795. The summed E-state index contributed by atoms with van der Waals surface area (Å²) in [7, 11) is 1.38. The van der Waals surface area contributed by atoms with E-state index < -0.39 is 0 Å². The van der Waals surface area contributed by atoms with Gasteiger partial charge in [0.25, 0.3) is 4.84 Å². The van der Waals surface area contributed by atoms with Crippen molar-refractivity contribution in [1.82, 2.24) is 4.98 Å². The highest BCUT2D eigenvalue weighted by Gasteiger charge is 2.31. The topological polar surface area (TPSA) is 84.3 Å². The van der Waals surface area contributed by atoms with Crippen LogP contribution in [0.3, 0.4) is 0 Å². The molecule has 1 aromatic carbocycles. The first-order chi connectivity index (χ1) is 11.1. The van der Waals surface area contributed by atoms with Gasteiger partial charge in [-0.25, -0.2) is 0 Å². The molecule has 0 radical (unpaired) electrons. The molecule has 1 saturated carbocycles. The molecular weight excluding hydrogens is 316 g/mol. The fourth-order valence-corrected chi connectivity index (χ4v) is 3.28. The third-order valence-corrected chi connectivity index (χ3v) is 4.45. The Morgan fingerprint density at radius 1 is 1.35 bits per heavy atom. The lowest BCUT2D eigenvalue weighted by molar-refractivity contribution is -0.147. The van der Waals surface area contributed by atoms with Crippen LogP contribution in [0.15, 0.2) is 22.6 Å². The van der Waals surface area contributed by atoms with Gasteiger partial charge in [0.2, 0.25) is 5.91 Å². The average molecular weight is 334 g/mol. The number of methoxy groups -OCH3 is 1. The van der Waals surface area contributed by atoms with Gasteiger partial charge in [0.1, 0.15) is 0 Å². The van der Waals surface area contributed by atoms with E-state index in [0.29, 0.717) is 22.5 Å². The monoisotopic (exact) mass is 334 g/mol. The Kier molecular flexibility index (Phi) is 4.47. The van der Waals surface area contributed by atoms with E-state index in [1.165, 1.54) is 7.11 Å². The summed E-state index contributed by atoms with van der Waals surface area (Å²) in [6, 6.07) is 5.34. The summed E-state index contributed by atoms with van der Waals surface area (Å²) in [5.41, 5.74) is 2.04. The number of esters is 1. The number of anilines is 1. The molecule has 6 nitrogen and oxygen atoms in total. The Balaban J connectivity index is 1.69. The first-order valence-corrected chi connectivity index (χ1v) is 7.99. The molecule has 0 bridgehead atoms. The molecule has 2 aromatic rings. The number of hydrogen-bond acceptors (Lipinski definition) is 5. The maximum absolute atomic E-state index is 12.4. The summed E-state index contributed by atoms with van der Waals surface area (Å²) in [5, 5.41) is 2.89. The van der Waals surface area contributed by atoms with Crippen LogP contribution in [0.4, 0.5) is 5.69 Å². The van der Waals surface area contributed by atoms with Crippen LogP contribution < -0.4 is 5.32 Å². The lowest BCUT2D eigenvalue weighted by Gasteiger charge is -2.26. The number of nitrogens with one attached hydrogen (secondary N) is 2. The number of oxazole rings is 1. The molecule has 1 amide bonds. The summed E-state index contributed by atoms with van der Waals surface area (Å²) in [5.74, 6) is -0.671. The largest absolute Gasteiger partial charge is 0.469 e. The standard InChI is InChI=1S/C16H18N2O4S/c1-21-15(20)10-4-2-3-9(7-10)14(19)17-11-5-6-12-13(8-11)22-16(23)18-12/h5-6,8-10H,2-4,7H2,1H3,(H,17,19)(H,18,23)/t9-,10+/m1/s1. The molecule has 2 atom stereocenters. The molecule has 0 aliphatic heterocycles. The number of H-pyrrole nitrogens is 1. The molecule has 2 N–H and O–H groups in total. The molecular formula is C16H18N2O4S. The molecule has 1 heterocycles. The van der Waals surface area contributed by atoms with E-state index in [4.69, 9.17) is 21.4 Å². The fourth-order valence-electron chi connectivity index (χ4n) is 3.08. The predicted octanol–water partition coefficient (Wildman–Crippen LogP) is 3.41. The highest BCUT2D eigenvalue weighted by Crippen LogP contribution is 2.31. The van der Waals surface area contributed by atoms with E-state index in [1.54, 1.807) is 12.1 Å². The van der Waals surface area contributed by atoms with E-state index in [2.05, 4.69) is 10.3 Å². The molecule has 7 heteroatoms. The van der Waals surface area contributed by atoms with Crippen LogP contribution in [0.2, 0.25) is 0 Å². The van der Waals surface area contributed by atoms with Gasteiger partial charge >= 0.3 is 5.97 Å². The van der Waals surface area contributed by atoms with Crippen molar-refractivity contribution in [2.75, 3.05) is 12.4 Å². The zero-order valence-corrected chi connectivity index (χ0v) is 13.6. The minimum atomic E-state index is -0.229. The van der Waals surface area contributed by atoms with Gasteiger partial charge in [0.05, 0.1) is 18.5 Å². The zero-order valence-electron chi connectivity index (χ0n) is 12.8. The lowest BCUT2D eigenvalue weighted by Crippen LogP contribution is -2.31. The maximum atomic E-state index is 12.4. The number of hydrogen-bond donors (Lipinski definition) is 2. The highest BCUT2D eigenvalue weighted by molar-refractivity contribution is 7.71. The number of aromatic amines is 1. The van der Waals surface area contributed by atoms with E-state index in [0.717, 1.165) is 24.8 Å². The maximum Gasteiger partial charge on any atom is 0.308 e. The Hall–Kier alpha value is -2.15.